The number of hydrogen-bond donors (Lipinski definition) is 1. The van der Waals surface area contributed by atoms with Gasteiger partial charge in [-0.1, -0.05) is 11.8 Å². The van der Waals surface area contributed by atoms with Crippen LogP contribution in [0.3, 0.4) is 0 Å². The molecule has 0 aliphatic carbocycles. The van der Waals surface area contributed by atoms with Gasteiger partial charge in [-0.2, -0.15) is 5.10 Å². The van der Waals surface area contributed by atoms with E-state index in [0.29, 0.717) is 11.4 Å². The summed E-state index contributed by atoms with van der Waals surface area (Å²) in [7, 11) is -0.555. The maximum atomic E-state index is 11.3. The van der Waals surface area contributed by atoms with Crippen molar-refractivity contribution in [3.63, 3.8) is 0 Å². The number of H-pyrrole nitrogens is 1. The van der Waals surface area contributed by atoms with Crippen LogP contribution in [0.4, 0.5) is 0 Å². The molecule has 1 aliphatic heterocycles. The zero-order valence-corrected chi connectivity index (χ0v) is 14.8. The summed E-state index contributed by atoms with van der Waals surface area (Å²) in [5.41, 5.74) is 0.186. The second-order valence-corrected chi connectivity index (χ2v) is 7.59. The Morgan fingerprint density at radius 3 is 2.39 bits per heavy atom. The first-order valence-electron chi connectivity index (χ1n) is 7.36. The molecule has 1 saturated heterocycles. The SMILES string of the molecule is CC(=O)SCC(=Cc1ccc(=O)[nH]n1)B1OC(C)(C)C(C)(C)O1. The van der Waals surface area contributed by atoms with E-state index in [9.17, 15) is 9.59 Å². The number of nitrogens with zero attached hydrogens (tertiary/aromatic N) is 1. The summed E-state index contributed by atoms with van der Waals surface area (Å²) >= 11 is 1.18. The second kappa shape index (κ2) is 6.63. The molecule has 2 heterocycles. The molecule has 23 heavy (non-hydrogen) atoms. The van der Waals surface area contributed by atoms with Crippen molar-refractivity contribution in [2.45, 2.75) is 45.8 Å². The van der Waals surface area contributed by atoms with E-state index in [1.807, 2.05) is 27.7 Å². The summed E-state index contributed by atoms with van der Waals surface area (Å²) in [5.74, 6) is 0.437. The molecule has 1 aromatic rings. The van der Waals surface area contributed by atoms with Gasteiger partial charge in [-0.05, 0) is 45.3 Å². The molecule has 6 nitrogen and oxygen atoms in total. The summed E-state index contributed by atoms with van der Waals surface area (Å²) < 4.78 is 12.1. The lowest BCUT2D eigenvalue weighted by Crippen LogP contribution is -2.41. The minimum absolute atomic E-state index is 0.0156. The fraction of sp³-hybridized carbons (Fsp3) is 0.533. The van der Waals surface area contributed by atoms with Gasteiger partial charge in [-0.25, -0.2) is 5.10 Å². The van der Waals surface area contributed by atoms with Gasteiger partial charge in [0.05, 0.1) is 16.9 Å². The molecule has 0 radical (unpaired) electrons. The van der Waals surface area contributed by atoms with Gasteiger partial charge in [-0.3, -0.25) is 9.59 Å². The lowest BCUT2D eigenvalue weighted by atomic mass is 9.78. The predicted molar refractivity (Wildman–Crippen MR) is 92.1 cm³/mol. The van der Waals surface area contributed by atoms with Gasteiger partial charge in [0.1, 0.15) is 0 Å². The van der Waals surface area contributed by atoms with E-state index in [0.717, 1.165) is 5.47 Å². The smallest absolute Gasteiger partial charge is 0.400 e. The van der Waals surface area contributed by atoms with E-state index in [1.54, 1.807) is 12.1 Å². The molecule has 1 N–H and O–H groups in total. The third kappa shape index (κ3) is 4.34. The van der Waals surface area contributed by atoms with Crippen LogP contribution >= 0.6 is 11.8 Å². The molecule has 8 heteroatoms. The Balaban J connectivity index is 2.29. The van der Waals surface area contributed by atoms with Crippen LogP contribution in [0, 0.1) is 0 Å². The minimum Gasteiger partial charge on any atom is -0.400 e. The molecule has 2 rings (SSSR count). The van der Waals surface area contributed by atoms with Gasteiger partial charge in [0, 0.05) is 18.7 Å². The highest BCUT2D eigenvalue weighted by atomic mass is 32.2. The zero-order valence-electron chi connectivity index (χ0n) is 14.0. The first-order valence-corrected chi connectivity index (χ1v) is 8.34. The Hall–Kier alpha value is -1.38. The van der Waals surface area contributed by atoms with Gasteiger partial charge < -0.3 is 9.31 Å². The average Bonchev–Trinajstić information content (AvgIpc) is 2.65. The van der Waals surface area contributed by atoms with E-state index < -0.39 is 18.3 Å². The van der Waals surface area contributed by atoms with E-state index >= 15 is 0 Å². The van der Waals surface area contributed by atoms with Crippen molar-refractivity contribution < 1.29 is 14.1 Å². The zero-order chi connectivity index (χ0) is 17.3. The topological polar surface area (TPSA) is 81.3 Å². The third-order valence-electron chi connectivity index (χ3n) is 4.03. The summed E-state index contributed by atoms with van der Waals surface area (Å²) in [5, 5.41) is 6.37. The molecule has 0 atom stereocenters. The monoisotopic (exact) mass is 336 g/mol. The molecule has 0 unspecified atom stereocenters. The van der Waals surface area contributed by atoms with Crippen molar-refractivity contribution in [2.75, 3.05) is 5.75 Å². The van der Waals surface area contributed by atoms with E-state index in [1.165, 1.54) is 24.8 Å². The molecule has 0 amide bonds. The highest BCUT2D eigenvalue weighted by Gasteiger charge is 2.52. The van der Waals surface area contributed by atoms with Gasteiger partial charge in [0.25, 0.3) is 5.56 Å². The van der Waals surface area contributed by atoms with Crippen molar-refractivity contribution in [3.05, 3.63) is 33.7 Å². The molecular weight excluding hydrogens is 315 g/mol. The predicted octanol–water partition coefficient (Wildman–Crippen LogP) is 2.06. The molecule has 1 fully saturated rings. The van der Waals surface area contributed by atoms with E-state index in [-0.39, 0.29) is 10.7 Å². The Bertz CT molecular complexity index is 648. The van der Waals surface area contributed by atoms with Crippen molar-refractivity contribution in [1.29, 1.82) is 0 Å². The molecule has 0 aromatic carbocycles. The van der Waals surface area contributed by atoms with Crippen molar-refractivity contribution in [1.82, 2.24) is 10.2 Å². The highest BCUT2D eigenvalue weighted by molar-refractivity contribution is 8.13. The van der Waals surface area contributed by atoms with Crippen LogP contribution in [0.2, 0.25) is 0 Å². The Morgan fingerprint density at radius 1 is 1.30 bits per heavy atom. The van der Waals surface area contributed by atoms with Gasteiger partial charge in [-0.15, -0.1) is 0 Å². The minimum atomic E-state index is -0.555. The molecule has 0 spiro atoms. The lowest BCUT2D eigenvalue weighted by molar-refractivity contribution is -0.109. The number of hydrogen-bond acceptors (Lipinski definition) is 6. The number of rotatable bonds is 4. The number of carbonyl (C=O) groups excluding carboxylic acids is 1. The quantitative estimate of drug-likeness (QED) is 0.848. The Labute approximate surface area is 140 Å². The Morgan fingerprint density at radius 2 is 1.91 bits per heavy atom. The van der Waals surface area contributed by atoms with Crippen LogP contribution in [-0.4, -0.2) is 39.4 Å². The fourth-order valence-corrected chi connectivity index (χ4v) is 2.57. The van der Waals surface area contributed by atoms with Gasteiger partial charge >= 0.3 is 7.12 Å². The van der Waals surface area contributed by atoms with Crippen LogP contribution < -0.4 is 5.56 Å². The normalized spacial score (nSPS) is 19.9. The largest absolute Gasteiger partial charge is 0.491 e. The Kier molecular flexibility index (Phi) is 5.18. The number of aromatic amines is 1. The third-order valence-corrected chi connectivity index (χ3v) is 4.92. The van der Waals surface area contributed by atoms with Crippen LogP contribution in [0.1, 0.15) is 40.3 Å². The molecule has 1 aliphatic rings. The maximum Gasteiger partial charge on any atom is 0.491 e. The molecule has 124 valence electrons. The van der Waals surface area contributed by atoms with Crippen LogP contribution in [-0.2, 0) is 14.1 Å². The molecular formula is C15H21BN2O4S. The van der Waals surface area contributed by atoms with E-state index in [4.69, 9.17) is 9.31 Å². The number of carbonyl (C=O) groups is 1. The van der Waals surface area contributed by atoms with Crippen molar-refractivity contribution >= 4 is 30.1 Å². The van der Waals surface area contributed by atoms with Gasteiger partial charge in [0.15, 0.2) is 5.12 Å². The fourth-order valence-electron chi connectivity index (χ4n) is 1.98. The first-order chi connectivity index (χ1) is 10.6. The van der Waals surface area contributed by atoms with Crippen LogP contribution in [0.15, 0.2) is 22.4 Å². The molecule has 0 saturated carbocycles. The second-order valence-electron chi connectivity index (χ2n) is 6.43. The lowest BCUT2D eigenvalue weighted by Gasteiger charge is -2.32. The van der Waals surface area contributed by atoms with Gasteiger partial charge in [0.2, 0.25) is 0 Å². The van der Waals surface area contributed by atoms with Crippen LogP contribution in [0.25, 0.3) is 6.08 Å². The van der Waals surface area contributed by atoms with Crippen molar-refractivity contribution in [2.24, 2.45) is 0 Å². The molecule has 1 aromatic heterocycles. The summed E-state index contributed by atoms with van der Waals surface area (Å²) in [6.45, 7) is 9.41. The maximum absolute atomic E-state index is 11.3. The summed E-state index contributed by atoms with van der Waals surface area (Å²) in [4.78, 5) is 22.4. The first kappa shape index (κ1) is 18.0. The molecule has 0 bridgehead atoms. The standard InChI is InChI=1S/C15H21BN2O4S/c1-10(19)23-9-11(8-12-6-7-13(20)18-17-12)16-21-14(2,3)15(4,5)22-16/h6-8H,9H2,1-5H3,(H,18,20). The average molecular weight is 336 g/mol. The summed E-state index contributed by atoms with van der Waals surface area (Å²) in [6, 6.07) is 3.02. The summed E-state index contributed by atoms with van der Waals surface area (Å²) in [6.07, 6.45) is 1.79. The van der Waals surface area contributed by atoms with Crippen molar-refractivity contribution in [3.8, 4) is 0 Å². The van der Waals surface area contributed by atoms with Crippen LogP contribution in [0.5, 0.6) is 0 Å². The number of nitrogens with one attached hydrogen (secondary N) is 1. The number of aromatic nitrogens is 2. The number of thioether (sulfide) groups is 1. The van der Waals surface area contributed by atoms with E-state index in [2.05, 4.69) is 10.2 Å². The highest BCUT2D eigenvalue weighted by Crippen LogP contribution is 2.39.